The summed E-state index contributed by atoms with van der Waals surface area (Å²) in [6, 6.07) is 56.2. The van der Waals surface area contributed by atoms with Gasteiger partial charge in [0.05, 0.1) is 5.69 Å². The molecule has 0 heterocycles. The molecule has 0 radical (unpaired) electrons. The van der Waals surface area contributed by atoms with E-state index in [9.17, 15) is 0 Å². The monoisotopic (exact) mass is 535 g/mol. The normalized spacial score (nSPS) is 16.5. The lowest BCUT2D eigenvalue weighted by Gasteiger charge is -2.31. The summed E-state index contributed by atoms with van der Waals surface area (Å²) in [6.07, 6.45) is 2.20. The van der Waals surface area contributed by atoms with E-state index in [-0.39, 0.29) is 5.41 Å². The van der Waals surface area contributed by atoms with Crippen molar-refractivity contribution in [2.75, 3.05) is 4.90 Å². The van der Waals surface area contributed by atoms with Crippen molar-refractivity contribution >= 4 is 38.6 Å². The average molecular weight is 536 g/mol. The quantitative estimate of drug-likeness (QED) is 0.203. The Morgan fingerprint density at radius 2 is 1.12 bits per heavy atom. The zero-order valence-corrected chi connectivity index (χ0v) is 23.3. The number of fused-ring (bicyclic) bond motifs is 10. The molecule has 2 aliphatic carbocycles. The first-order valence-electron chi connectivity index (χ1n) is 14.9. The van der Waals surface area contributed by atoms with Gasteiger partial charge in [-0.2, -0.15) is 0 Å². The third kappa shape index (κ3) is 3.19. The summed E-state index contributed by atoms with van der Waals surface area (Å²) in [7, 11) is 0. The highest BCUT2D eigenvalue weighted by Crippen LogP contribution is 2.59. The minimum Gasteiger partial charge on any atom is -0.310 e. The smallest absolute Gasteiger partial charge is 0.0546 e. The Labute approximate surface area is 246 Å². The van der Waals surface area contributed by atoms with Crippen molar-refractivity contribution in [3.05, 3.63) is 174 Å². The fourth-order valence-corrected chi connectivity index (χ4v) is 7.89. The van der Waals surface area contributed by atoms with E-state index in [0.29, 0.717) is 0 Å². The molecule has 1 spiro atoms. The van der Waals surface area contributed by atoms with Gasteiger partial charge in [0.1, 0.15) is 0 Å². The number of hydrogen-bond donors (Lipinski definition) is 0. The number of para-hydroxylation sites is 1. The van der Waals surface area contributed by atoms with Crippen LogP contribution >= 0.6 is 0 Å². The predicted octanol–water partition coefficient (Wildman–Crippen LogP) is 10.7. The van der Waals surface area contributed by atoms with Crippen LogP contribution in [0, 0.1) is 0 Å². The molecule has 0 fully saturated rings. The minimum absolute atomic E-state index is 0.119. The highest BCUT2D eigenvalue weighted by molar-refractivity contribution is 6.14. The molecule has 0 saturated heterocycles. The molecule has 0 aliphatic heterocycles. The Kier molecular flexibility index (Phi) is 5.01. The molecule has 0 saturated carbocycles. The number of rotatable bonds is 3. The maximum Gasteiger partial charge on any atom is 0.0546 e. The maximum atomic E-state index is 2.49. The zero-order chi connectivity index (χ0) is 27.7. The Bertz CT molecular complexity index is 2160. The van der Waals surface area contributed by atoms with Gasteiger partial charge in [0.15, 0.2) is 0 Å². The molecule has 7 aromatic carbocycles. The van der Waals surface area contributed by atoms with Crippen LogP contribution in [0.1, 0.15) is 28.7 Å². The van der Waals surface area contributed by atoms with Crippen LogP contribution in [0.5, 0.6) is 0 Å². The third-order valence-corrected chi connectivity index (χ3v) is 9.65. The van der Waals surface area contributed by atoms with Gasteiger partial charge in [-0.1, -0.05) is 121 Å². The van der Waals surface area contributed by atoms with Crippen LogP contribution in [0.25, 0.3) is 32.7 Å². The van der Waals surface area contributed by atoms with Crippen LogP contribution in [-0.2, 0) is 11.8 Å². The molecule has 1 nitrogen and oxygen atoms in total. The molecule has 42 heavy (non-hydrogen) atoms. The van der Waals surface area contributed by atoms with Crippen molar-refractivity contribution in [1.29, 1.82) is 0 Å². The largest absolute Gasteiger partial charge is 0.310 e. The van der Waals surface area contributed by atoms with Crippen molar-refractivity contribution in [2.45, 2.75) is 18.3 Å². The van der Waals surface area contributed by atoms with E-state index in [2.05, 4.69) is 157 Å². The number of benzene rings is 7. The van der Waals surface area contributed by atoms with Gasteiger partial charge in [0.25, 0.3) is 0 Å². The molecular formula is C41H29N. The van der Waals surface area contributed by atoms with E-state index in [0.717, 1.165) is 18.5 Å². The fraction of sp³-hybridized carbons (Fsp3) is 0.0732. The number of nitrogens with zero attached hydrogens (tertiary/aromatic N) is 1. The first kappa shape index (κ1) is 23.6. The lowest BCUT2D eigenvalue weighted by atomic mass is 9.73. The van der Waals surface area contributed by atoms with Crippen molar-refractivity contribution in [2.24, 2.45) is 0 Å². The second-order valence-corrected chi connectivity index (χ2v) is 11.7. The van der Waals surface area contributed by atoms with Crippen molar-refractivity contribution < 1.29 is 0 Å². The molecule has 9 rings (SSSR count). The lowest BCUT2D eigenvalue weighted by molar-refractivity contribution is 0.626. The minimum atomic E-state index is -0.119. The summed E-state index contributed by atoms with van der Waals surface area (Å²) in [5, 5.41) is 5.07. The predicted molar refractivity (Wildman–Crippen MR) is 176 cm³/mol. The maximum absolute atomic E-state index is 2.49. The molecule has 2 aliphatic rings. The summed E-state index contributed by atoms with van der Waals surface area (Å²) < 4.78 is 0. The summed E-state index contributed by atoms with van der Waals surface area (Å²) in [5.41, 5.74) is 12.0. The number of hydrogen-bond acceptors (Lipinski definition) is 1. The average Bonchev–Trinajstić information content (AvgIpc) is 3.58. The molecule has 0 bridgehead atoms. The number of aryl methyl sites for hydroxylation is 1. The van der Waals surface area contributed by atoms with E-state index in [4.69, 9.17) is 0 Å². The van der Waals surface area contributed by atoms with Gasteiger partial charge < -0.3 is 4.90 Å². The third-order valence-electron chi connectivity index (χ3n) is 9.65. The van der Waals surface area contributed by atoms with Crippen molar-refractivity contribution in [3.63, 3.8) is 0 Å². The van der Waals surface area contributed by atoms with Gasteiger partial charge >= 0.3 is 0 Å². The van der Waals surface area contributed by atoms with Gasteiger partial charge in [-0.3, -0.25) is 0 Å². The van der Waals surface area contributed by atoms with Gasteiger partial charge in [-0.05, 0) is 92.7 Å². The fourth-order valence-electron chi connectivity index (χ4n) is 7.89. The Balaban J connectivity index is 1.34. The van der Waals surface area contributed by atoms with E-state index in [1.807, 2.05) is 0 Å². The molecule has 1 unspecified atom stereocenters. The summed E-state index contributed by atoms with van der Waals surface area (Å²) in [5.74, 6) is 0. The molecule has 7 aromatic rings. The van der Waals surface area contributed by atoms with E-state index in [1.54, 1.807) is 0 Å². The van der Waals surface area contributed by atoms with E-state index < -0.39 is 0 Å². The van der Waals surface area contributed by atoms with Crippen LogP contribution in [0.3, 0.4) is 0 Å². The van der Waals surface area contributed by atoms with E-state index >= 15 is 0 Å². The summed E-state index contributed by atoms with van der Waals surface area (Å²) >= 11 is 0. The SMILES string of the molecule is c1ccc(N(c2ccc3c(c2)C2(CCc4ccccc42)c2ccccc2-3)c2cc3ccccc3c3ccccc23)cc1. The molecule has 0 amide bonds. The molecule has 0 N–H and O–H groups in total. The van der Waals surface area contributed by atoms with Gasteiger partial charge in [-0.15, -0.1) is 0 Å². The lowest BCUT2D eigenvalue weighted by Crippen LogP contribution is -2.24. The Hall–Kier alpha value is -5.14. The van der Waals surface area contributed by atoms with E-state index in [1.165, 1.54) is 66.3 Å². The topological polar surface area (TPSA) is 3.24 Å². The highest BCUT2D eigenvalue weighted by atomic mass is 15.1. The van der Waals surface area contributed by atoms with Crippen LogP contribution in [-0.4, -0.2) is 0 Å². The van der Waals surface area contributed by atoms with Crippen LogP contribution in [0.4, 0.5) is 17.1 Å². The molecule has 1 atom stereocenters. The Morgan fingerprint density at radius 1 is 0.452 bits per heavy atom. The first-order chi connectivity index (χ1) is 20.8. The molecular weight excluding hydrogens is 506 g/mol. The zero-order valence-electron chi connectivity index (χ0n) is 23.3. The van der Waals surface area contributed by atoms with Crippen molar-refractivity contribution in [1.82, 2.24) is 0 Å². The summed E-state index contributed by atoms with van der Waals surface area (Å²) in [6.45, 7) is 0. The van der Waals surface area contributed by atoms with Gasteiger partial charge in [-0.25, -0.2) is 0 Å². The van der Waals surface area contributed by atoms with Crippen LogP contribution < -0.4 is 4.90 Å². The summed E-state index contributed by atoms with van der Waals surface area (Å²) in [4.78, 5) is 2.46. The second-order valence-electron chi connectivity index (χ2n) is 11.7. The van der Waals surface area contributed by atoms with Crippen LogP contribution in [0.15, 0.2) is 152 Å². The second kappa shape index (κ2) is 8.93. The van der Waals surface area contributed by atoms with Crippen molar-refractivity contribution in [3.8, 4) is 11.1 Å². The Morgan fingerprint density at radius 3 is 2.00 bits per heavy atom. The molecule has 0 aromatic heterocycles. The highest BCUT2D eigenvalue weighted by Gasteiger charge is 2.48. The first-order valence-corrected chi connectivity index (χ1v) is 14.9. The van der Waals surface area contributed by atoms with Gasteiger partial charge in [0, 0.05) is 22.2 Å². The van der Waals surface area contributed by atoms with Gasteiger partial charge in [0.2, 0.25) is 0 Å². The number of anilines is 3. The standard InChI is InChI=1S/C41H29N/c1-2-14-30(15-3-1)42(40-26-29-13-4-6-16-32(29)33-17-7-8-19-36(33)40)31-22-23-35-34-18-9-11-21-38(34)41(39(35)27-31)25-24-28-12-5-10-20-37(28)41/h1-23,26-27H,24-25H2. The molecule has 198 valence electrons. The molecule has 1 heteroatoms. The van der Waals surface area contributed by atoms with Crippen LogP contribution in [0.2, 0.25) is 0 Å².